The third kappa shape index (κ3) is 2.14. The topological polar surface area (TPSA) is 56.5 Å². The Hall–Kier alpha value is -1.23. The number of hydrogen-bond acceptors (Lipinski definition) is 5. The molecule has 0 bridgehead atoms. The van der Waals surface area contributed by atoms with Gasteiger partial charge in [0.05, 0.1) is 7.11 Å². The quantitative estimate of drug-likeness (QED) is 0.597. The van der Waals surface area contributed by atoms with Crippen molar-refractivity contribution < 1.29 is 18.7 Å². The van der Waals surface area contributed by atoms with Crippen LogP contribution in [0.3, 0.4) is 0 Å². The Balaban J connectivity index is 2.11. The number of ether oxygens (including phenoxy) is 1. The van der Waals surface area contributed by atoms with E-state index < -0.39 is 5.97 Å². The maximum atomic E-state index is 11.9. The van der Waals surface area contributed by atoms with E-state index in [1.54, 1.807) is 11.8 Å². The lowest BCUT2D eigenvalue weighted by molar-refractivity contribution is 0.0562. The van der Waals surface area contributed by atoms with Crippen LogP contribution in [-0.2, 0) is 4.74 Å². The summed E-state index contributed by atoms with van der Waals surface area (Å²) >= 11 is 1.77. The van der Waals surface area contributed by atoms with Gasteiger partial charge in [-0.3, -0.25) is 4.79 Å². The van der Waals surface area contributed by atoms with Gasteiger partial charge in [0, 0.05) is 11.7 Å². The van der Waals surface area contributed by atoms with Crippen LogP contribution in [0.2, 0.25) is 0 Å². The number of esters is 1. The fourth-order valence-corrected chi connectivity index (χ4v) is 2.84. The zero-order valence-electron chi connectivity index (χ0n) is 8.89. The van der Waals surface area contributed by atoms with E-state index in [1.165, 1.54) is 19.2 Å². The van der Waals surface area contributed by atoms with Crippen LogP contribution in [-0.4, -0.2) is 30.4 Å². The Morgan fingerprint density at radius 2 is 2.19 bits per heavy atom. The molecule has 1 aromatic heterocycles. The Morgan fingerprint density at radius 3 is 2.81 bits per heavy atom. The first kappa shape index (κ1) is 11.3. The third-order valence-corrected chi connectivity index (χ3v) is 3.70. The lowest BCUT2D eigenvalue weighted by Crippen LogP contribution is -2.13. The summed E-state index contributed by atoms with van der Waals surface area (Å²) in [6.45, 7) is 0. The summed E-state index contributed by atoms with van der Waals surface area (Å²) in [5.41, 5.74) is 0. The first-order chi connectivity index (χ1) is 7.72. The molecule has 1 aliphatic heterocycles. The number of carbonyl (C=O) groups is 2. The zero-order valence-corrected chi connectivity index (χ0v) is 9.71. The van der Waals surface area contributed by atoms with Crippen molar-refractivity contribution in [3.63, 3.8) is 0 Å². The van der Waals surface area contributed by atoms with E-state index in [2.05, 4.69) is 4.74 Å². The average Bonchev–Trinajstić information content (AvgIpc) is 2.97. The molecule has 5 heteroatoms. The number of ketones is 1. The Morgan fingerprint density at radius 1 is 1.44 bits per heavy atom. The highest BCUT2D eigenvalue weighted by Gasteiger charge is 2.27. The molecular weight excluding hydrogens is 228 g/mol. The maximum absolute atomic E-state index is 11.9. The highest BCUT2D eigenvalue weighted by Crippen LogP contribution is 2.27. The van der Waals surface area contributed by atoms with Crippen molar-refractivity contribution in [2.45, 2.75) is 6.42 Å². The summed E-state index contributed by atoms with van der Waals surface area (Å²) in [4.78, 5) is 23.1. The highest BCUT2D eigenvalue weighted by molar-refractivity contribution is 7.99. The number of thioether (sulfide) groups is 1. The molecule has 1 atom stereocenters. The van der Waals surface area contributed by atoms with E-state index in [1.807, 2.05) is 0 Å². The van der Waals surface area contributed by atoms with Crippen molar-refractivity contribution in [1.82, 2.24) is 0 Å². The SMILES string of the molecule is COC(=O)c1ccc(C(=O)C2CCSC2)o1. The predicted molar refractivity (Wildman–Crippen MR) is 59.8 cm³/mol. The number of carbonyl (C=O) groups excluding carboxylic acids is 2. The van der Waals surface area contributed by atoms with Gasteiger partial charge in [0.2, 0.25) is 11.5 Å². The second-order valence-corrected chi connectivity index (χ2v) is 4.73. The number of methoxy groups -OCH3 is 1. The Labute approximate surface area is 97.3 Å². The predicted octanol–water partition coefficient (Wildman–Crippen LogP) is 2.00. The molecule has 2 heterocycles. The highest BCUT2D eigenvalue weighted by atomic mass is 32.2. The third-order valence-electron chi connectivity index (χ3n) is 2.54. The molecule has 0 spiro atoms. The minimum absolute atomic E-state index is 0.0137. The van der Waals surface area contributed by atoms with E-state index in [4.69, 9.17) is 4.42 Å². The number of Topliss-reactive ketones (excluding diaryl/α,β-unsaturated/α-hetero) is 1. The second kappa shape index (κ2) is 4.74. The van der Waals surface area contributed by atoms with E-state index >= 15 is 0 Å². The molecule has 0 aromatic carbocycles. The molecule has 1 saturated heterocycles. The molecule has 86 valence electrons. The molecule has 1 aromatic rings. The fraction of sp³-hybridized carbons (Fsp3) is 0.455. The van der Waals surface area contributed by atoms with Crippen LogP contribution in [0.5, 0.6) is 0 Å². The van der Waals surface area contributed by atoms with Crippen molar-refractivity contribution in [1.29, 1.82) is 0 Å². The molecule has 0 saturated carbocycles. The first-order valence-corrected chi connectivity index (χ1v) is 6.18. The molecule has 4 nitrogen and oxygen atoms in total. The molecular formula is C11H12O4S. The van der Waals surface area contributed by atoms with E-state index in [-0.39, 0.29) is 23.2 Å². The van der Waals surface area contributed by atoms with Crippen molar-refractivity contribution >= 4 is 23.5 Å². The zero-order chi connectivity index (χ0) is 11.5. The summed E-state index contributed by atoms with van der Waals surface area (Å²) in [5, 5.41) is 0. The van der Waals surface area contributed by atoms with Gasteiger partial charge in [-0.05, 0) is 24.3 Å². The van der Waals surface area contributed by atoms with Crippen molar-refractivity contribution in [3.8, 4) is 0 Å². The van der Waals surface area contributed by atoms with Gasteiger partial charge in [-0.15, -0.1) is 0 Å². The van der Waals surface area contributed by atoms with Crippen molar-refractivity contribution in [2.24, 2.45) is 5.92 Å². The first-order valence-electron chi connectivity index (χ1n) is 5.02. The summed E-state index contributed by atoms with van der Waals surface area (Å²) in [7, 11) is 1.28. The average molecular weight is 240 g/mol. The Kier molecular flexibility index (Phi) is 3.33. The standard InChI is InChI=1S/C11H12O4S/c1-14-11(13)9-3-2-8(15-9)10(12)7-4-5-16-6-7/h2-3,7H,4-6H2,1H3. The summed E-state index contributed by atoms with van der Waals surface area (Å²) in [6.07, 6.45) is 0.887. The van der Waals surface area contributed by atoms with E-state index in [0.29, 0.717) is 0 Å². The normalized spacial score (nSPS) is 19.7. The van der Waals surface area contributed by atoms with E-state index in [9.17, 15) is 9.59 Å². The maximum Gasteiger partial charge on any atom is 0.373 e. The summed E-state index contributed by atoms with van der Waals surface area (Å²) in [6, 6.07) is 3.01. The van der Waals surface area contributed by atoms with Crippen LogP contribution in [0.15, 0.2) is 16.5 Å². The summed E-state index contributed by atoms with van der Waals surface area (Å²) in [5.74, 6) is 1.65. The minimum Gasteiger partial charge on any atom is -0.463 e. The number of furan rings is 1. The molecule has 16 heavy (non-hydrogen) atoms. The molecule has 2 rings (SSSR count). The van der Waals surface area contributed by atoms with Crippen LogP contribution in [0.4, 0.5) is 0 Å². The lowest BCUT2D eigenvalue weighted by Gasteiger charge is -2.03. The van der Waals surface area contributed by atoms with Crippen LogP contribution in [0.25, 0.3) is 0 Å². The smallest absolute Gasteiger partial charge is 0.373 e. The van der Waals surface area contributed by atoms with Crippen LogP contribution in [0.1, 0.15) is 27.5 Å². The number of hydrogen-bond donors (Lipinski definition) is 0. The van der Waals surface area contributed by atoms with Gasteiger partial charge >= 0.3 is 5.97 Å². The molecule has 1 unspecified atom stereocenters. The van der Waals surface area contributed by atoms with Gasteiger partial charge in [0.1, 0.15) is 0 Å². The summed E-state index contributed by atoms with van der Waals surface area (Å²) < 4.78 is 9.68. The molecule has 1 aliphatic rings. The molecule has 0 aliphatic carbocycles. The van der Waals surface area contributed by atoms with Gasteiger partial charge in [-0.2, -0.15) is 11.8 Å². The molecule has 0 N–H and O–H groups in total. The van der Waals surface area contributed by atoms with E-state index in [0.717, 1.165) is 17.9 Å². The molecule has 0 radical (unpaired) electrons. The second-order valence-electron chi connectivity index (χ2n) is 3.58. The monoisotopic (exact) mass is 240 g/mol. The van der Waals surface area contributed by atoms with Gasteiger partial charge in [0.15, 0.2) is 5.76 Å². The van der Waals surface area contributed by atoms with Crippen LogP contribution >= 0.6 is 11.8 Å². The lowest BCUT2D eigenvalue weighted by atomic mass is 10.0. The van der Waals surface area contributed by atoms with Gasteiger partial charge in [-0.1, -0.05) is 0 Å². The minimum atomic E-state index is -0.556. The molecule has 1 fully saturated rings. The Bertz CT molecular complexity index is 404. The van der Waals surface area contributed by atoms with Gasteiger partial charge < -0.3 is 9.15 Å². The van der Waals surface area contributed by atoms with Crippen LogP contribution < -0.4 is 0 Å². The van der Waals surface area contributed by atoms with Gasteiger partial charge in [-0.25, -0.2) is 4.79 Å². The molecule has 0 amide bonds. The van der Waals surface area contributed by atoms with Crippen LogP contribution in [0, 0.1) is 5.92 Å². The number of rotatable bonds is 3. The van der Waals surface area contributed by atoms with Crippen molar-refractivity contribution in [3.05, 3.63) is 23.7 Å². The van der Waals surface area contributed by atoms with Crippen molar-refractivity contribution in [2.75, 3.05) is 18.6 Å². The van der Waals surface area contributed by atoms with Gasteiger partial charge in [0.25, 0.3) is 0 Å². The largest absolute Gasteiger partial charge is 0.463 e. The fourth-order valence-electron chi connectivity index (χ4n) is 1.62.